The number of piperidine rings is 1. The number of hydrogen-bond donors (Lipinski definition) is 2. The molecule has 28 heavy (non-hydrogen) atoms. The minimum Gasteiger partial charge on any atom is -0.396 e. The first kappa shape index (κ1) is 23.6. The molecule has 0 bridgehead atoms. The number of aliphatic hydroxyl groups is 1. The van der Waals surface area contributed by atoms with E-state index in [1.807, 2.05) is 0 Å². The average Bonchev–Trinajstić information content (AvgIpc) is 2.64. The normalized spacial score (nSPS) is 29.2. The maximum atomic E-state index is 12.6. The first-order chi connectivity index (χ1) is 13.2. The lowest BCUT2D eigenvalue weighted by atomic mass is 9.80. The Labute approximate surface area is 170 Å². The van der Waals surface area contributed by atoms with Crippen LogP contribution < -0.4 is 4.72 Å². The van der Waals surface area contributed by atoms with E-state index < -0.39 is 10.0 Å². The van der Waals surface area contributed by atoms with Crippen LogP contribution in [0.2, 0.25) is 0 Å². The van der Waals surface area contributed by atoms with Crippen molar-refractivity contribution in [2.75, 3.05) is 26.0 Å². The van der Waals surface area contributed by atoms with E-state index in [0.717, 1.165) is 44.3 Å². The molecule has 164 valence electrons. The van der Waals surface area contributed by atoms with Crippen molar-refractivity contribution in [2.45, 2.75) is 83.4 Å². The number of hydrogen-bond acceptors (Lipinski definition) is 5. The summed E-state index contributed by atoms with van der Waals surface area (Å²) in [5, 5.41) is 9.03. The summed E-state index contributed by atoms with van der Waals surface area (Å²) in [6.45, 7) is 5.48. The van der Waals surface area contributed by atoms with Gasteiger partial charge in [-0.2, -0.15) is 0 Å². The zero-order valence-corrected chi connectivity index (χ0v) is 18.4. The van der Waals surface area contributed by atoms with Gasteiger partial charge >= 0.3 is 0 Å². The van der Waals surface area contributed by atoms with Crippen LogP contribution in [0.1, 0.15) is 65.2 Å². The van der Waals surface area contributed by atoms with E-state index >= 15 is 0 Å². The van der Waals surface area contributed by atoms with Gasteiger partial charge in [0.15, 0.2) is 0 Å². The highest BCUT2D eigenvalue weighted by Gasteiger charge is 2.36. The van der Waals surface area contributed by atoms with Gasteiger partial charge in [-0.1, -0.05) is 13.8 Å². The fourth-order valence-corrected chi connectivity index (χ4v) is 5.34. The lowest BCUT2D eigenvalue weighted by molar-refractivity contribution is -0.139. The smallest absolute Gasteiger partial charge is 0.223 e. The van der Waals surface area contributed by atoms with Gasteiger partial charge in [0.2, 0.25) is 15.9 Å². The largest absolute Gasteiger partial charge is 0.396 e. The van der Waals surface area contributed by atoms with Crippen LogP contribution in [-0.4, -0.2) is 68.5 Å². The molecule has 2 fully saturated rings. The molecule has 0 aromatic rings. The van der Waals surface area contributed by atoms with Gasteiger partial charge in [-0.25, -0.2) is 13.1 Å². The third-order valence-corrected chi connectivity index (χ3v) is 6.91. The van der Waals surface area contributed by atoms with E-state index in [9.17, 15) is 13.2 Å². The second kappa shape index (κ2) is 10.9. The Morgan fingerprint density at radius 2 is 1.89 bits per heavy atom. The minimum absolute atomic E-state index is 0.0230. The highest BCUT2D eigenvalue weighted by atomic mass is 32.2. The Balaban J connectivity index is 2.00. The SMILES string of the molecule is CC(C)C1CCC(OC[C@H]2[C@@H](NS(C)(=O)=O)CCCN2C(=O)CCCO)CC1. The van der Waals surface area contributed by atoms with Crippen molar-refractivity contribution < 1.29 is 23.1 Å². The van der Waals surface area contributed by atoms with Crippen molar-refractivity contribution in [3.8, 4) is 0 Å². The molecule has 2 aliphatic rings. The molecule has 2 N–H and O–H groups in total. The van der Waals surface area contributed by atoms with Crippen LogP contribution in [0.15, 0.2) is 0 Å². The van der Waals surface area contributed by atoms with Gasteiger partial charge in [-0.3, -0.25) is 4.79 Å². The van der Waals surface area contributed by atoms with Crippen molar-refractivity contribution in [1.29, 1.82) is 0 Å². The van der Waals surface area contributed by atoms with Crippen LogP contribution >= 0.6 is 0 Å². The Hall–Kier alpha value is -0.700. The van der Waals surface area contributed by atoms with Gasteiger partial charge in [-0.15, -0.1) is 0 Å². The summed E-state index contributed by atoms with van der Waals surface area (Å²) in [4.78, 5) is 14.4. The molecule has 1 aliphatic carbocycles. The Morgan fingerprint density at radius 1 is 1.21 bits per heavy atom. The number of nitrogens with one attached hydrogen (secondary N) is 1. The Bertz CT molecular complexity index is 587. The summed E-state index contributed by atoms with van der Waals surface area (Å²) in [5.74, 6) is 1.42. The van der Waals surface area contributed by atoms with Crippen LogP contribution in [0.5, 0.6) is 0 Å². The molecular weight excluding hydrogens is 380 g/mol. The van der Waals surface area contributed by atoms with Gasteiger partial charge in [0.1, 0.15) is 0 Å². The number of rotatable bonds is 9. The third-order valence-electron chi connectivity index (χ3n) is 6.18. The molecule has 0 aromatic carbocycles. The van der Waals surface area contributed by atoms with Crippen molar-refractivity contribution in [1.82, 2.24) is 9.62 Å². The summed E-state index contributed by atoms with van der Waals surface area (Å²) in [7, 11) is -3.37. The number of nitrogens with zero attached hydrogens (tertiary/aromatic N) is 1. The first-order valence-electron chi connectivity index (χ1n) is 10.7. The van der Waals surface area contributed by atoms with E-state index in [2.05, 4.69) is 18.6 Å². The van der Waals surface area contributed by atoms with E-state index in [4.69, 9.17) is 9.84 Å². The lowest BCUT2D eigenvalue weighted by Crippen LogP contribution is -2.59. The quantitative estimate of drug-likeness (QED) is 0.596. The van der Waals surface area contributed by atoms with Crippen LogP contribution in [0.4, 0.5) is 0 Å². The standard InChI is InChI=1S/C20H38N2O5S/c1-15(2)16-8-10-17(11-9-16)27-14-19-18(21-28(3,25)26)6-4-12-22(19)20(24)7-5-13-23/h15-19,21,23H,4-14H2,1-3H3/t16?,17?,18-,19-/m0/s1. The molecule has 0 radical (unpaired) electrons. The van der Waals surface area contributed by atoms with Gasteiger partial charge < -0.3 is 14.7 Å². The fourth-order valence-electron chi connectivity index (χ4n) is 4.52. The summed E-state index contributed by atoms with van der Waals surface area (Å²) in [5.41, 5.74) is 0. The average molecular weight is 419 g/mol. The topological polar surface area (TPSA) is 95.9 Å². The maximum absolute atomic E-state index is 12.6. The van der Waals surface area contributed by atoms with E-state index in [-0.39, 0.29) is 37.1 Å². The van der Waals surface area contributed by atoms with Crippen LogP contribution in [0, 0.1) is 11.8 Å². The molecule has 7 nitrogen and oxygen atoms in total. The summed E-state index contributed by atoms with van der Waals surface area (Å²) in [6, 6.07) is -0.619. The maximum Gasteiger partial charge on any atom is 0.223 e. The van der Waals surface area contributed by atoms with Crippen molar-refractivity contribution >= 4 is 15.9 Å². The fraction of sp³-hybridized carbons (Fsp3) is 0.950. The molecule has 1 heterocycles. The summed E-state index contributed by atoms with van der Waals surface area (Å²) >= 11 is 0. The zero-order chi connectivity index (χ0) is 20.7. The van der Waals surface area contributed by atoms with E-state index in [0.29, 0.717) is 31.9 Å². The molecule has 2 atom stereocenters. The Morgan fingerprint density at radius 3 is 2.46 bits per heavy atom. The minimum atomic E-state index is -3.37. The van der Waals surface area contributed by atoms with Crippen LogP contribution in [0.25, 0.3) is 0 Å². The zero-order valence-electron chi connectivity index (χ0n) is 17.6. The highest BCUT2D eigenvalue weighted by molar-refractivity contribution is 7.88. The third kappa shape index (κ3) is 7.28. The number of likely N-dealkylation sites (tertiary alicyclic amines) is 1. The molecule has 1 saturated carbocycles. The molecule has 0 spiro atoms. The van der Waals surface area contributed by atoms with Gasteiger partial charge in [0.05, 0.1) is 25.0 Å². The molecule has 1 saturated heterocycles. The monoisotopic (exact) mass is 418 g/mol. The van der Waals surface area contributed by atoms with Crippen LogP contribution in [-0.2, 0) is 19.6 Å². The van der Waals surface area contributed by atoms with Gasteiger partial charge in [0, 0.05) is 25.6 Å². The molecule has 1 aliphatic heterocycles. The molecule has 0 aromatic heterocycles. The number of carbonyl (C=O) groups is 1. The predicted octanol–water partition coefficient (Wildman–Crippen LogP) is 1.90. The molecule has 2 rings (SSSR count). The molecular formula is C20H38N2O5S. The second-order valence-corrected chi connectivity index (χ2v) is 10.5. The Kier molecular flexibility index (Phi) is 9.18. The lowest BCUT2D eigenvalue weighted by Gasteiger charge is -2.42. The summed E-state index contributed by atoms with van der Waals surface area (Å²) < 4.78 is 32.5. The predicted molar refractivity (Wildman–Crippen MR) is 109 cm³/mol. The summed E-state index contributed by atoms with van der Waals surface area (Å²) in [6.07, 6.45) is 7.88. The number of sulfonamides is 1. The molecule has 0 unspecified atom stereocenters. The van der Waals surface area contributed by atoms with Crippen molar-refractivity contribution in [2.24, 2.45) is 11.8 Å². The van der Waals surface area contributed by atoms with Gasteiger partial charge in [0.25, 0.3) is 0 Å². The first-order valence-corrected chi connectivity index (χ1v) is 12.6. The highest BCUT2D eigenvalue weighted by Crippen LogP contribution is 2.32. The molecule has 1 amide bonds. The van der Waals surface area contributed by atoms with Gasteiger partial charge in [-0.05, 0) is 56.8 Å². The number of amides is 1. The number of aliphatic hydroxyl groups excluding tert-OH is 1. The van der Waals surface area contributed by atoms with Crippen molar-refractivity contribution in [3.05, 3.63) is 0 Å². The van der Waals surface area contributed by atoms with Crippen molar-refractivity contribution in [3.63, 3.8) is 0 Å². The van der Waals surface area contributed by atoms with E-state index in [1.54, 1.807) is 4.90 Å². The van der Waals surface area contributed by atoms with E-state index in [1.165, 1.54) is 0 Å². The molecule has 8 heteroatoms. The second-order valence-electron chi connectivity index (χ2n) is 8.73. The van der Waals surface area contributed by atoms with Crippen LogP contribution in [0.3, 0.4) is 0 Å². The number of carbonyl (C=O) groups excluding carboxylic acids is 1. The number of ether oxygens (including phenoxy) is 1.